The minimum Gasteiger partial charge on any atom is -0.329 e. The van der Waals surface area contributed by atoms with E-state index >= 15 is 0 Å². The van der Waals surface area contributed by atoms with Gasteiger partial charge in [0, 0.05) is 10.8 Å². The summed E-state index contributed by atoms with van der Waals surface area (Å²) >= 11 is 7.13. The maximum atomic E-state index is 12.1. The van der Waals surface area contributed by atoms with Gasteiger partial charge in [0.25, 0.3) is 11.8 Å². The molecule has 1 aliphatic rings. The Bertz CT molecular complexity index is 771. The number of hydrogen-bond donors (Lipinski definition) is 0. The summed E-state index contributed by atoms with van der Waals surface area (Å²) in [6.07, 6.45) is 0. The first-order chi connectivity index (χ1) is 11.6. The van der Waals surface area contributed by atoms with Crippen LogP contribution in [0.3, 0.4) is 0 Å². The molecule has 2 amide bonds. The van der Waals surface area contributed by atoms with Crippen molar-refractivity contribution in [3.63, 3.8) is 0 Å². The fourth-order valence-corrected chi connectivity index (χ4v) is 3.09. The maximum Gasteiger partial charge on any atom is 0.343 e. The monoisotopic (exact) mass is 361 g/mol. The van der Waals surface area contributed by atoms with Gasteiger partial charge in [-0.05, 0) is 29.8 Å². The molecule has 1 aliphatic heterocycles. The van der Waals surface area contributed by atoms with Crippen LogP contribution in [-0.4, -0.2) is 28.6 Å². The summed E-state index contributed by atoms with van der Waals surface area (Å²) in [5, 5.41) is 1.17. The molecule has 7 heteroatoms. The number of hydrogen-bond acceptors (Lipinski definition) is 5. The van der Waals surface area contributed by atoms with Gasteiger partial charge in [-0.15, -0.1) is 11.8 Å². The van der Waals surface area contributed by atoms with Crippen LogP contribution in [0.25, 0.3) is 0 Å². The number of carbonyl (C=O) groups excluding carboxylic acids is 3. The van der Waals surface area contributed by atoms with Crippen molar-refractivity contribution in [3.8, 4) is 0 Å². The minimum atomic E-state index is -0.650. The summed E-state index contributed by atoms with van der Waals surface area (Å²) in [5.41, 5.74) is 1.49. The van der Waals surface area contributed by atoms with Crippen molar-refractivity contribution in [2.24, 2.45) is 0 Å². The van der Waals surface area contributed by atoms with E-state index in [4.69, 9.17) is 16.4 Å². The van der Waals surface area contributed by atoms with Crippen LogP contribution in [0.1, 0.15) is 26.3 Å². The van der Waals surface area contributed by atoms with Crippen LogP contribution in [0.5, 0.6) is 0 Å². The average Bonchev–Trinajstić information content (AvgIpc) is 2.82. The van der Waals surface area contributed by atoms with Gasteiger partial charge in [0.05, 0.1) is 16.9 Å². The molecule has 0 radical (unpaired) electrons. The summed E-state index contributed by atoms with van der Waals surface area (Å²) in [4.78, 5) is 41.0. The van der Waals surface area contributed by atoms with Gasteiger partial charge in [-0.1, -0.05) is 40.9 Å². The van der Waals surface area contributed by atoms with Crippen molar-refractivity contribution in [1.82, 2.24) is 5.06 Å². The number of imide groups is 1. The summed E-state index contributed by atoms with van der Waals surface area (Å²) < 4.78 is 0. The summed E-state index contributed by atoms with van der Waals surface area (Å²) in [6, 6.07) is 13.6. The van der Waals surface area contributed by atoms with E-state index in [0.717, 1.165) is 5.56 Å². The molecule has 2 aromatic rings. The van der Waals surface area contributed by atoms with E-state index in [2.05, 4.69) is 0 Å². The molecule has 2 aromatic carbocycles. The third-order valence-electron chi connectivity index (χ3n) is 3.35. The number of fused-ring (bicyclic) bond motifs is 1. The van der Waals surface area contributed by atoms with Crippen molar-refractivity contribution >= 4 is 41.1 Å². The quantitative estimate of drug-likeness (QED) is 0.764. The highest BCUT2D eigenvalue weighted by molar-refractivity contribution is 7.99. The number of halogens is 1. The Morgan fingerprint density at radius 1 is 1.00 bits per heavy atom. The van der Waals surface area contributed by atoms with E-state index in [9.17, 15) is 14.4 Å². The molecule has 0 saturated heterocycles. The van der Waals surface area contributed by atoms with E-state index in [1.165, 1.54) is 23.9 Å². The van der Waals surface area contributed by atoms with Crippen molar-refractivity contribution in [3.05, 3.63) is 70.2 Å². The summed E-state index contributed by atoms with van der Waals surface area (Å²) in [5.74, 6) is -1.27. The first-order valence-electron chi connectivity index (χ1n) is 7.07. The molecule has 0 unspecified atom stereocenters. The normalized spacial score (nSPS) is 13.1. The minimum absolute atomic E-state index is 0.0238. The van der Waals surface area contributed by atoms with Gasteiger partial charge >= 0.3 is 5.97 Å². The highest BCUT2D eigenvalue weighted by Gasteiger charge is 2.38. The molecule has 122 valence electrons. The predicted octanol–water partition coefficient (Wildman–Crippen LogP) is 3.33. The lowest BCUT2D eigenvalue weighted by Gasteiger charge is -2.12. The number of rotatable bonds is 5. The number of nitrogens with zero attached hydrogens (tertiary/aromatic N) is 1. The average molecular weight is 362 g/mol. The molecule has 0 fully saturated rings. The standard InChI is InChI=1S/C17H12ClNO4S/c18-12-7-5-11(6-8-12)9-24-10-15(20)23-19-16(21)13-3-1-2-4-14(13)17(19)22/h1-8H,9-10H2. The van der Waals surface area contributed by atoms with Crippen LogP contribution in [0, 0.1) is 0 Å². The third-order valence-corrected chi connectivity index (χ3v) is 4.58. The van der Waals surface area contributed by atoms with Gasteiger partial charge in [-0.2, -0.15) is 0 Å². The Morgan fingerprint density at radius 3 is 2.17 bits per heavy atom. The smallest absolute Gasteiger partial charge is 0.329 e. The van der Waals surface area contributed by atoms with E-state index in [1.807, 2.05) is 12.1 Å². The van der Waals surface area contributed by atoms with Gasteiger partial charge in [0.2, 0.25) is 0 Å². The third kappa shape index (κ3) is 3.44. The molecule has 3 rings (SSSR count). The van der Waals surface area contributed by atoms with Crippen LogP contribution in [0.2, 0.25) is 5.02 Å². The van der Waals surface area contributed by atoms with E-state index < -0.39 is 17.8 Å². The van der Waals surface area contributed by atoms with Crippen LogP contribution < -0.4 is 0 Å². The fourth-order valence-electron chi connectivity index (χ4n) is 2.21. The van der Waals surface area contributed by atoms with E-state index in [0.29, 0.717) is 15.8 Å². The molecular weight excluding hydrogens is 350 g/mol. The second-order valence-electron chi connectivity index (χ2n) is 5.03. The number of carbonyl (C=O) groups is 3. The topological polar surface area (TPSA) is 63.7 Å². The lowest BCUT2D eigenvalue weighted by Crippen LogP contribution is -2.33. The van der Waals surface area contributed by atoms with E-state index in [-0.39, 0.29) is 16.9 Å². The molecule has 0 aliphatic carbocycles. The number of hydroxylamine groups is 2. The largest absolute Gasteiger partial charge is 0.343 e. The Labute approximate surface area is 147 Å². The zero-order valence-corrected chi connectivity index (χ0v) is 14.0. The zero-order valence-electron chi connectivity index (χ0n) is 12.4. The molecule has 0 atom stereocenters. The molecule has 1 heterocycles. The van der Waals surface area contributed by atoms with Crippen LogP contribution in [-0.2, 0) is 15.4 Å². The van der Waals surface area contributed by atoms with Crippen molar-refractivity contribution in [1.29, 1.82) is 0 Å². The van der Waals surface area contributed by atoms with Gasteiger partial charge in [-0.3, -0.25) is 9.59 Å². The molecule has 0 N–H and O–H groups in total. The zero-order chi connectivity index (χ0) is 17.1. The maximum absolute atomic E-state index is 12.1. The lowest BCUT2D eigenvalue weighted by molar-refractivity contribution is -0.165. The predicted molar refractivity (Wildman–Crippen MR) is 90.6 cm³/mol. The molecule has 0 bridgehead atoms. The van der Waals surface area contributed by atoms with Crippen LogP contribution in [0.4, 0.5) is 0 Å². The van der Waals surface area contributed by atoms with Crippen LogP contribution in [0.15, 0.2) is 48.5 Å². The second-order valence-corrected chi connectivity index (χ2v) is 6.45. The fraction of sp³-hybridized carbons (Fsp3) is 0.118. The number of benzene rings is 2. The Morgan fingerprint density at radius 2 is 1.58 bits per heavy atom. The molecule has 0 aromatic heterocycles. The molecule has 0 spiro atoms. The van der Waals surface area contributed by atoms with Crippen molar-refractivity contribution in [2.45, 2.75) is 5.75 Å². The van der Waals surface area contributed by atoms with Gasteiger partial charge in [0.15, 0.2) is 0 Å². The number of amides is 2. The van der Waals surface area contributed by atoms with Gasteiger partial charge in [0.1, 0.15) is 0 Å². The SMILES string of the molecule is O=C(CSCc1ccc(Cl)cc1)ON1C(=O)c2ccccc2C1=O. The highest BCUT2D eigenvalue weighted by Crippen LogP contribution is 2.23. The summed E-state index contributed by atoms with van der Waals surface area (Å²) in [7, 11) is 0. The second kappa shape index (κ2) is 7.07. The Balaban J connectivity index is 1.53. The molecule has 5 nitrogen and oxygen atoms in total. The van der Waals surface area contributed by atoms with Crippen LogP contribution >= 0.6 is 23.4 Å². The van der Waals surface area contributed by atoms with E-state index in [1.54, 1.807) is 24.3 Å². The molecule has 24 heavy (non-hydrogen) atoms. The summed E-state index contributed by atoms with van der Waals surface area (Å²) in [6.45, 7) is 0. The molecule has 0 saturated carbocycles. The van der Waals surface area contributed by atoms with Crippen molar-refractivity contribution in [2.75, 3.05) is 5.75 Å². The highest BCUT2D eigenvalue weighted by atomic mass is 35.5. The lowest BCUT2D eigenvalue weighted by atomic mass is 10.1. The Kier molecular flexibility index (Phi) is 4.87. The van der Waals surface area contributed by atoms with Gasteiger partial charge < -0.3 is 4.84 Å². The van der Waals surface area contributed by atoms with Crippen molar-refractivity contribution < 1.29 is 19.2 Å². The first kappa shape index (κ1) is 16.5. The molecular formula is C17H12ClNO4S. The first-order valence-corrected chi connectivity index (χ1v) is 8.60. The Hall–Kier alpha value is -2.31. The van der Waals surface area contributed by atoms with Gasteiger partial charge in [-0.25, -0.2) is 4.79 Å². The number of thioether (sulfide) groups is 1.